The van der Waals surface area contributed by atoms with Gasteiger partial charge in [0.2, 0.25) is 5.28 Å². The minimum absolute atomic E-state index is 0.263. The molecule has 4 nitrogen and oxygen atoms in total. The van der Waals surface area contributed by atoms with Gasteiger partial charge in [-0.25, -0.2) is 4.98 Å². The largest absolute Gasteiger partial charge is 0.379 e. The number of rotatable bonds is 2. The van der Waals surface area contributed by atoms with Gasteiger partial charge in [-0.15, -0.1) is 0 Å². The van der Waals surface area contributed by atoms with Gasteiger partial charge >= 0.3 is 0 Å². The van der Waals surface area contributed by atoms with Crippen molar-refractivity contribution in [3.05, 3.63) is 16.0 Å². The van der Waals surface area contributed by atoms with Gasteiger partial charge in [-0.05, 0) is 34.0 Å². The molecular formula is C9H11BrClN3O. The van der Waals surface area contributed by atoms with Crippen molar-refractivity contribution in [3.63, 3.8) is 0 Å². The molecule has 0 aromatic carbocycles. The van der Waals surface area contributed by atoms with Crippen molar-refractivity contribution in [1.29, 1.82) is 0 Å². The number of hydrogen-bond acceptors (Lipinski definition) is 4. The summed E-state index contributed by atoms with van der Waals surface area (Å²) < 4.78 is 6.18. The van der Waals surface area contributed by atoms with Gasteiger partial charge in [-0.2, -0.15) is 4.98 Å². The zero-order valence-corrected chi connectivity index (χ0v) is 10.6. The summed E-state index contributed by atoms with van der Waals surface area (Å²) in [6.45, 7) is 1.55. The van der Waals surface area contributed by atoms with E-state index in [-0.39, 0.29) is 5.28 Å². The molecule has 0 radical (unpaired) electrons. The van der Waals surface area contributed by atoms with Crippen LogP contribution in [-0.4, -0.2) is 36.3 Å². The van der Waals surface area contributed by atoms with Crippen LogP contribution >= 0.6 is 27.5 Å². The minimum Gasteiger partial charge on any atom is -0.379 e. The third kappa shape index (κ3) is 2.41. The highest BCUT2D eigenvalue weighted by atomic mass is 79.9. The van der Waals surface area contributed by atoms with Gasteiger partial charge in [0.25, 0.3) is 0 Å². The Morgan fingerprint density at radius 1 is 1.67 bits per heavy atom. The molecule has 0 aliphatic carbocycles. The standard InChI is InChI=1S/C9H11BrClN3O/c1-14(6-2-3-15-5-6)8-7(10)4-12-9(11)13-8/h4,6H,2-3,5H2,1H3. The lowest BCUT2D eigenvalue weighted by atomic mass is 10.2. The van der Waals surface area contributed by atoms with E-state index in [2.05, 4.69) is 30.8 Å². The zero-order chi connectivity index (χ0) is 10.8. The van der Waals surface area contributed by atoms with E-state index in [0.717, 1.165) is 29.9 Å². The lowest BCUT2D eigenvalue weighted by Crippen LogP contribution is -2.32. The summed E-state index contributed by atoms with van der Waals surface area (Å²) in [5.41, 5.74) is 0. The third-order valence-corrected chi connectivity index (χ3v) is 3.23. The fourth-order valence-corrected chi connectivity index (χ4v) is 2.18. The number of ether oxygens (including phenoxy) is 1. The summed E-state index contributed by atoms with van der Waals surface area (Å²) in [6, 6.07) is 0.368. The number of hydrogen-bond donors (Lipinski definition) is 0. The normalized spacial score (nSPS) is 20.6. The SMILES string of the molecule is CN(c1nc(Cl)ncc1Br)C1CCOC1. The molecule has 1 aromatic heterocycles. The monoisotopic (exact) mass is 291 g/mol. The summed E-state index contributed by atoms with van der Waals surface area (Å²) in [6.07, 6.45) is 2.68. The van der Waals surface area contributed by atoms with Crippen LogP contribution in [0.4, 0.5) is 5.82 Å². The molecule has 15 heavy (non-hydrogen) atoms. The molecule has 0 bridgehead atoms. The highest BCUT2D eigenvalue weighted by molar-refractivity contribution is 9.10. The molecule has 1 saturated heterocycles. The Bertz CT molecular complexity index is 357. The second kappa shape index (κ2) is 4.63. The molecule has 82 valence electrons. The molecule has 0 amide bonds. The highest BCUT2D eigenvalue weighted by Crippen LogP contribution is 2.26. The van der Waals surface area contributed by atoms with Crippen molar-refractivity contribution in [2.75, 3.05) is 25.2 Å². The molecule has 1 aromatic rings. The number of anilines is 1. The lowest BCUT2D eigenvalue weighted by Gasteiger charge is -2.24. The van der Waals surface area contributed by atoms with E-state index >= 15 is 0 Å². The molecule has 2 rings (SSSR count). The Kier molecular flexibility index (Phi) is 3.43. The Labute approximate surface area is 102 Å². The van der Waals surface area contributed by atoms with Crippen LogP contribution in [-0.2, 0) is 4.74 Å². The summed E-state index contributed by atoms with van der Waals surface area (Å²) in [5.74, 6) is 0.811. The van der Waals surface area contributed by atoms with Gasteiger partial charge in [0.05, 0.1) is 17.1 Å². The Balaban J connectivity index is 2.23. The van der Waals surface area contributed by atoms with Crippen molar-refractivity contribution < 1.29 is 4.74 Å². The van der Waals surface area contributed by atoms with E-state index in [1.165, 1.54) is 0 Å². The summed E-state index contributed by atoms with van der Waals surface area (Å²) >= 11 is 9.18. The smallest absolute Gasteiger partial charge is 0.224 e. The molecule has 1 fully saturated rings. The molecule has 1 aliphatic rings. The molecule has 1 aliphatic heterocycles. The quantitative estimate of drug-likeness (QED) is 0.783. The average Bonchev–Trinajstić information content (AvgIpc) is 2.74. The molecule has 0 N–H and O–H groups in total. The topological polar surface area (TPSA) is 38.2 Å². The van der Waals surface area contributed by atoms with E-state index < -0.39 is 0 Å². The molecule has 6 heteroatoms. The minimum atomic E-state index is 0.263. The number of aromatic nitrogens is 2. The molecular weight excluding hydrogens is 281 g/mol. The van der Waals surface area contributed by atoms with Crippen LogP contribution in [0.2, 0.25) is 5.28 Å². The van der Waals surface area contributed by atoms with Crippen LogP contribution in [0.3, 0.4) is 0 Å². The second-order valence-electron chi connectivity index (χ2n) is 3.44. The molecule has 0 saturated carbocycles. The predicted molar refractivity (Wildman–Crippen MR) is 62.4 cm³/mol. The average molecular weight is 293 g/mol. The highest BCUT2D eigenvalue weighted by Gasteiger charge is 2.23. The molecule has 1 atom stereocenters. The van der Waals surface area contributed by atoms with Crippen LogP contribution < -0.4 is 4.90 Å². The first-order chi connectivity index (χ1) is 7.18. The van der Waals surface area contributed by atoms with Crippen LogP contribution in [0.15, 0.2) is 10.7 Å². The fraction of sp³-hybridized carbons (Fsp3) is 0.556. The third-order valence-electron chi connectivity index (χ3n) is 2.48. The van der Waals surface area contributed by atoms with Gasteiger partial charge in [0.15, 0.2) is 0 Å². The van der Waals surface area contributed by atoms with E-state index in [4.69, 9.17) is 16.3 Å². The molecule has 0 spiro atoms. The van der Waals surface area contributed by atoms with E-state index in [0.29, 0.717) is 6.04 Å². The van der Waals surface area contributed by atoms with Crippen molar-refractivity contribution in [1.82, 2.24) is 9.97 Å². The maximum atomic E-state index is 5.77. The van der Waals surface area contributed by atoms with Gasteiger partial charge in [0, 0.05) is 19.9 Å². The maximum Gasteiger partial charge on any atom is 0.224 e. The lowest BCUT2D eigenvalue weighted by molar-refractivity contribution is 0.193. The van der Waals surface area contributed by atoms with E-state index in [1.54, 1.807) is 6.20 Å². The number of halogens is 2. The first kappa shape index (κ1) is 11.1. The number of likely N-dealkylation sites (N-methyl/N-ethyl adjacent to an activating group) is 1. The second-order valence-corrected chi connectivity index (χ2v) is 4.63. The van der Waals surface area contributed by atoms with Crippen LogP contribution in [0.5, 0.6) is 0 Å². The zero-order valence-electron chi connectivity index (χ0n) is 8.28. The van der Waals surface area contributed by atoms with Gasteiger partial charge in [0.1, 0.15) is 5.82 Å². The van der Waals surface area contributed by atoms with Crippen LogP contribution in [0.1, 0.15) is 6.42 Å². The van der Waals surface area contributed by atoms with E-state index in [1.807, 2.05) is 7.05 Å². The Hall–Kier alpha value is -0.390. The first-order valence-corrected chi connectivity index (χ1v) is 5.84. The Morgan fingerprint density at radius 2 is 2.47 bits per heavy atom. The number of nitrogens with zero attached hydrogens (tertiary/aromatic N) is 3. The van der Waals surface area contributed by atoms with Crippen molar-refractivity contribution in [3.8, 4) is 0 Å². The summed E-state index contributed by atoms with van der Waals surface area (Å²) in [5, 5.41) is 0.263. The van der Waals surface area contributed by atoms with Gasteiger partial charge in [-0.3, -0.25) is 0 Å². The summed E-state index contributed by atoms with van der Waals surface area (Å²) in [4.78, 5) is 10.2. The van der Waals surface area contributed by atoms with Crippen LogP contribution in [0, 0.1) is 0 Å². The Morgan fingerprint density at radius 3 is 3.13 bits per heavy atom. The fourth-order valence-electron chi connectivity index (χ4n) is 1.59. The van der Waals surface area contributed by atoms with Gasteiger partial charge < -0.3 is 9.64 Å². The molecule has 1 unspecified atom stereocenters. The first-order valence-electron chi connectivity index (χ1n) is 4.67. The van der Waals surface area contributed by atoms with Crippen molar-refractivity contribution in [2.24, 2.45) is 0 Å². The van der Waals surface area contributed by atoms with Crippen molar-refractivity contribution >= 4 is 33.3 Å². The van der Waals surface area contributed by atoms with E-state index in [9.17, 15) is 0 Å². The maximum absolute atomic E-state index is 5.77. The van der Waals surface area contributed by atoms with Crippen molar-refractivity contribution in [2.45, 2.75) is 12.5 Å². The summed E-state index contributed by atoms with van der Waals surface area (Å²) in [7, 11) is 1.99. The van der Waals surface area contributed by atoms with Crippen LogP contribution in [0.25, 0.3) is 0 Å². The van der Waals surface area contributed by atoms with Gasteiger partial charge in [-0.1, -0.05) is 0 Å². The molecule has 2 heterocycles. The predicted octanol–water partition coefficient (Wildman–Crippen LogP) is 2.12.